The SMILES string of the molecule is CCCCc1ccc(NC(=S)NNC(=O)CN2C(=O)CN(C)C2=O)cc1. The molecule has 2 rings (SSSR count). The van der Waals surface area contributed by atoms with Crippen LogP contribution in [0.15, 0.2) is 24.3 Å². The number of rotatable bonds is 6. The Bertz CT molecular complexity index is 692. The normalized spacial score (nSPS) is 13.8. The molecule has 0 radical (unpaired) electrons. The highest BCUT2D eigenvalue weighted by molar-refractivity contribution is 7.80. The first kappa shape index (κ1) is 19.6. The number of urea groups is 1. The van der Waals surface area contributed by atoms with Gasteiger partial charge in [-0.2, -0.15) is 0 Å². The van der Waals surface area contributed by atoms with Gasteiger partial charge in [-0.1, -0.05) is 25.5 Å². The molecule has 1 heterocycles. The fraction of sp³-hybridized carbons (Fsp3) is 0.412. The highest BCUT2D eigenvalue weighted by atomic mass is 32.1. The van der Waals surface area contributed by atoms with E-state index in [1.807, 2.05) is 24.3 Å². The molecule has 3 N–H and O–H groups in total. The van der Waals surface area contributed by atoms with Gasteiger partial charge in [-0.15, -0.1) is 0 Å². The number of nitrogens with one attached hydrogen (secondary N) is 3. The largest absolute Gasteiger partial charge is 0.331 e. The number of imide groups is 1. The van der Waals surface area contributed by atoms with Crippen LogP contribution >= 0.6 is 12.2 Å². The summed E-state index contributed by atoms with van der Waals surface area (Å²) < 4.78 is 0. The lowest BCUT2D eigenvalue weighted by Gasteiger charge is -2.15. The minimum atomic E-state index is -0.541. The summed E-state index contributed by atoms with van der Waals surface area (Å²) >= 11 is 5.11. The van der Waals surface area contributed by atoms with Crippen LogP contribution in [0.4, 0.5) is 10.5 Å². The van der Waals surface area contributed by atoms with Crippen molar-refractivity contribution >= 4 is 40.9 Å². The van der Waals surface area contributed by atoms with E-state index >= 15 is 0 Å². The van der Waals surface area contributed by atoms with Crippen molar-refractivity contribution in [2.45, 2.75) is 26.2 Å². The Labute approximate surface area is 157 Å². The third-order valence-electron chi connectivity index (χ3n) is 3.88. The van der Waals surface area contributed by atoms with Gasteiger partial charge < -0.3 is 10.2 Å². The van der Waals surface area contributed by atoms with Crippen LogP contribution in [0.3, 0.4) is 0 Å². The van der Waals surface area contributed by atoms with Crippen LogP contribution in [0, 0.1) is 0 Å². The van der Waals surface area contributed by atoms with Gasteiger partial charge >= 0.3 is 6.03 Å². The number of carbonyl (C=O) groups excluding carboxylic acids is 3. The Hall–Kier alpha value is -2.68. The van der Waals surface area contributed by atoms with E-state index in [1.165, 1.54) is 17.5 Å². The summed E-state index contributed by atoms with van der Waals surface area (Å²) in [6, 6.07) is 7.39. The number of amides is 4. The molecule has 0 aliphatic carbocycles. The minimum absolute atomic E-state index is 0.0201. The molecule has 4 amide bonds. The van der Waals surface area contributed by atoms with Crippen LogP contribution in [0.25, 0.3) is 0 Å². The number of anilines is 1. The smallest absolute Gasteiger partial charge is 0.327 e. The number of aryl methyl sites for hydroxylation is 1. The summed E-state index contributed by atoms with van der Waals surface area (Å²) in [5.74, 6) is -0.947. The van der Waals surface area contributed by atoms with Crippen LogP contribution < -0.4 is 16.2 Å². The topological polar surface area (TPSA) is 93.8 Å². The Morgan fingerprint density at radius 2 is 1.88 bits per heavy atom. The fourth-order valence-corrected chi connectivity index (χ4v) is 2.60. The maximum atomic E-state index is 11.9. The first-order chi connectivity index (χ1) is 12.4. The van der Waals surface area contributed by atoms with Gasteiger partial charge in [-0.3, -0.25) is 25.3 Å². The lowest BCUT2D eigenvalue weighted by molar-refractivity contribution is -0.130. The van der Waals surface area contributed by atoms with E-state index in [1.54, 1.807) is 0 Å². The van der Waals surface area contributed by atoms with Crippen molar-refractivity contribution < 1.29 is 14.4 Å². The predicted molar refractivity (Wildman–Crippen MR) is 102 cm³/mol. The molecule has 1 saturated heterocycles. The molecule has 0 bridgehead atoms. The van der Waals surface area contributed by atoms with Gasteiger partial charge in [0, 0.05) is 12.7 Å². The van der Waals surface area contributed by atoms with Crippen molar-refractivity contribution in [1.82, 2.24) is 20.7 Å². The molecule has 9 heteroatoms. The van der Waals surface area contributed by atoms with Gasteiger partial charge in [0.1, 0.15) is 13.1 Å². The van der Waals surface area contributed by atoms with E-state index in [0.29, 0.717) is 0 Å². The summed E-state index contributed by atoms with van der Waals surface area (Å²) in [6.45, 7) is 1.78. The van der Waals surface area contributed by atoms with E-state index in [-0.39, 0.29) is 18.2 Å². The van der Waals surface area contributed by atoms with Crippen molar-refractivity contribution in [3.63, 3.8) is 0 Å². The Kier molecular flexibility index (Phi) is 6.90. The highest BCUT2D eigenvalue weighted by Gasteiger charge is 2.34. The average molecular weight is 377 g/mol. The number of nitrogens with zero attached hydrogens (tertiary/aromatic N) is 2. The van der Waals surface area contributed by atoms with Crippen molar-refractivity contribution in [1.29, 1.82) is 0 Å². The van der Waals surface area contributed by atoms with Crippen LogP contribution in [0.5, 0.6) is 0 Å². The molecule has 0 unspecified atom stereocenters. The third kappa shape index (κ3) is 5.41. The molecular formula is C17H23N5O3S. The second kappa shape index (κ2) is 9.14. The summed E-state index contributed by atoms with van der Waals surface area (Å²) in [4.78, 5) is 37.4. The monoisotopic (exact) mass is 377 g/mol. The molecule has 0 aromatic heterocycles. The number of hydrogen-bond acceptors (Lipinski definition) is 4. The summed E-state index contributed by atoms with van der Waals surface area (Å²) in [5, 5.41) is 3.15. The van der Waals surface area contributed by atoms with Crippen molar-refractivity contribution in [3.05, 3.63) is 29.8 Å². The molecule has 140 valence electrons. The van der Waals surface area contributed by atoms with Gasteiger partial charge in [-0.05, 0) is 42.8 Å². The van der Waals surface area contributed by atoms with Gasteiger partial charge in [-0.25, -0.2) is 4.79 Å². The number of carbonyl (C=O) groups is 3. The van der Waals surface area contributed by atoms with E-state index in [0.717, 1.165) is 29.8 Å². The van der Waals surface area contributed by atoms with Gasteiger partial charge in [0.2, 0.25) is 0 Å². The zero-order valence-corrected chi connectivity index (χ0v) is 15.7. The molecule has 1 aromatic carbocycles. The second-order valence-corrected chi connectivity index (χ2v) is 6.45. The van der Waals surface area contributed by atoms with Gasteiger partial charge in [0.15, 0.2) is 5.11 Å². The maximum Gasteiger partial charge on any atom is 0.327 e. The number of hydrazine groups is 1. The average Bonchev–Trinajstić information content (AvgIpc) is 2.85. The summed E-state index contributed by atoms with van der Waals surface area (Å²) in [6.07, 6.45) is 3.34. The molecule has 8 nitrogen and oxygen atoms in total. The van der Waals surface area contributed by atoms with E-state index in [9.17, 15) is 14.4 Å². The van der Waals surface area contributed by atoms with Crippen molar-refractivity contribution in [3.8, 4) is 0 Å². The molecule has 1 aromatic rings. The Morgan fingerprint density at radius 3 is 2.46 bits per heavy atom. The van der Waals surface area contributed by atoms with Crippen LogP contribution in [0.2, 0.25) is 0 Å². The first-order valence-electron chi connectivity index (χ1n) is 8.41. The highest BCUT2D eigenvalue weighted by Crippen LogP contribution is 2.11. The first-order valence-corrected chi connectivity index (χ1v) is 8.81. The Balaban J connectivity index is 1.75. The number of thiocarbonyl (C=S) groups is 1. The van der Waals surface area contributed by atoms with Gasteiger partial charge in [0.05, 0.1) is 0 Å². The summed E-state index contributed by atoms with van der Waals surface area (Å²) in [7, 11) is 1.50. The molecule has 1 aliphatic heterocycles. The number of benzene rings is 1. The number of likely N-dealkylation sites (N-methyl/N-ethyl adjacent to an activating group) is 1. The quantitative estimate of drug-likeness (QED) is 0.392. The van der Waals surface area contributed by atoms with Gasteiger partial charge in [0.25, 0.3) is 11.8 Å². The number of unbranched alkanes of at least 4 members (excludes halogenated alkanes) is 1. The molecule has 0 atom stereocenters. The van der Waals surface area contributed by atoms with E-state index in [4.69, 9.17) is 12.2 Å². The van der Waals surface area contributed by atoms with Crippen LogP contribution in [-0.2, 0) is 16.0 Å². The lowest BCUT2D eigenvalue weighted by Crippen LogP contribution is -2.49. The number of hydrogen-bond donors (Lipinski definition) is 3. The zero-order valence-electron chi connectivity index (χ0n) is 14.9. The van der Waals surface area contributed by atoms with Crippen molar-refractivity contribution in [2.24, 2.45) is 0 Å². The summed E-state index contributed by atoms with van der Waals surface area (Å²) in [5.41, 5.74) is 6.97. The van der Waals surface area contributed by atoms with Crippen molar-refractivity contribution in [2.75, 3.05) is 25.5 Å². The Morgan fingerprint density at radius 1 is 1.19 bits per heavy atom. The fourth-order valence-electron chi connectivity index (χ4n) is 2.43. The molecule has 26 heavy (non-hydrogen) atoms. The standard InChI is InChI=1S/C17H23N5O3S/c1-3-4-5-12-6-8-13(9-7-12)18-16(26)20-19-14(23)10-22-15(24)11-21(2)17(22)25/h6-9H,3-5,10-11H2,1-2H3,(H,19,23)(H2,18,20,26). The molecule has 1 aliphatic rings. The maximum absolute atomic E-state index is 11.9. The van der Waals surface area contributed by atoms with E-state index < -0.39 is 17.8 Å². The molecular weight excluding hydrogens is 354 g/mol. The van der Waals surface area contributed by atoms with Crippen LogP contribution in [-0.4, -0.2) is 52.9 Å². The molecule has 0 spiro atoms. The van der Waals surface area contributed by atoms with E-state index in [2.05, 4.69) is 23.1 Å². The van der Waals surface area contributed by atoms with Crippen LogP contribution in [0.1, 0.15) is 25.3 Å². The zero-order chi connectivity index (χ0) is 19.1. The predicted octanol–water partition coefficient (Wildman–Crippen LogP) is 1.24. The molecule has 0 saturated carbocycles. The second-order valence-electron chi connectivity index (χ2n) is 6.05. The molecule has 1 fully saturated rings. The third-order valence-corrected chi connectivity index (χ3v) is 4.08. The lowest BCUT2D eigenvalue weighted by atomic mass is 10.1. The minimum Gasteiger partial charge on any atom is -0.331 e.